The van der Waals surface area contributed by atoms with Crippen LogP contribution in [0.5, 0.6) is 5.75 Å². The van der Waals surface area contributed by atoms with Crippen molar-refractivity contribution in [3.8, 4) is 11.4 Å². The summed E-state index contributed by atoms with van der Waals surface area (Å²) in [6, 6.07) is 15.4. The molecule has 4 rings (SSSR count). The minimum atomic E-state index is -0.0760. The number of para-hydroxylation sites is 2. The van der Waals surface area contributed by atoms with Crippen LogP contribution in [0.1, 0.15) is 29.0 Å². The molecule has 0 saturated carbocycles. The summed E-state index contributed by atoms with van der Waals surface area (Å²) >= 11 is 7.99. The Hall–Kier alpha value is -2.44. The van der Waals surface area contributed by atoms with E-state index in [1.165, 1.54) is 0 Å². The number of halogens is 1. The molecule has 0 saturated heterocycles. The Bertz CT molecular complexity index is 1030. The van der Waals surface area contributed by atoms with Crippen LogP contribution >= 0.6 is 23.4 Å². The van der Waals surface area contributed by atoms with Gasteiger partial charge in [0.25, 0.3) is 0 Å². The molecule has 0 bridgehead atoms. The highest BCUT2D eigenvalue weighted by molar-refractivity contribution is 8.00. The molecule has 28 heavy (non-hydrogen) atoms. The summed E-state index contributed by atoms with van der Waals surface area (Å²) in [7, 11) is 0. The molecule has 0 aliphatic carbocycles. The zero-order valence-corrected chi connectivity index (χ0v) is 17.2. The molecule has 1 aliphatic heterocycles. The number of amides is 1. The molecule has 7 heteroatoms. The molecule has 1 unspecified atom stereocenters. The van der Waals surface area contributed by atoms with Gasteiger partial charge in [0.1, 0.15) is 11.6 Å². The van der Waals surface area contributed by atoms with Gasteiger partial charge in [-0.3, -0.25) is 4.79 Å². The Kier molecular flexibility index (Phi) is 5.33. The van der Waals surface area contributed by atoms with Crippen LogP contribution in [0.4, 0.5) is 5.82 Å². The van der Waals surface area contributed by atoms with Gasteiger partial charge in [0.15, 0.2) is 0 Å². The smallest absolute Gasteiger partial charge is 0.235 e. The van der Waals surface area contributed by atoms with Crippen molar-refractivity contribution in [2.75, 3.05) is 17.7 Å². The lowest BCUT2D eigenvalue weighted by Crippen LogP contribution is -2.16. The summed E-state index contributed by atoms with van der Waals surface area (Å²) in [5.41, 5.74) is 3.59. The predicted molar refractivity (Wildman–Crippen MR) is 114 cm³/mol. The molecule has 144 valence electrons. The molecule has 3 aromatic rings. The van der Waals surface area contributed by atoms with Gasteiger partial charge in [-0.05, 0) is 32.0 Å². The number of ether oxygens (including phenoxy) is 1. The van der Waals surface area contributed by atoms with Crippen molar-refractivity contribution < 1.29 is 9.53 Å². The maximum absolute atomic E-state index is 12.5. The van der Waals surface area contributed by atoms with E-state index in [9.17, 15) is 4.79 Å². The maximum atomic E-state index is 12.5. The summed E-state index contributed by atoms with van der Waals surface area (Å²) < 4.78 is 7.59. The second kappa shape index (κ2) is 7.89. The third kappa shape index (κ3) is 3.38. The highest BCUT2D eigenvalue weighted by atomic mass is 35.5. The lowest BCUT2D eigenvalue weighted by Gasteiger charge is -2.19. The quantitative estimate of drug-likeness (QED) is 0.653. The number of thioether (sulfide) groups is 1. The fourth-order valence-corrected chi connectivity index (χ4v) is 4.84. The van der Waals surface area contributed by atoms with E-state index in [4.69, 9.17) is 21.4 Å². The Labute approximate surface area is 173 Å². The number of anilines is 1. The van der Waals surface area contributed by atoms with Gasteiger partial charge in [-0.25, -0.2) is 4.68 Å². The average molecular weight is 414 g/mol. The van der Waals surface area contributed by atoms with E-state index in [1.54, 1.807) is 16.4 Å². The number of aromatic nitrogens is 2. The van der Waals surface area contributed by atoms with E-state index in [1.807, 2.05) is 56.3 Å². The van der Waals surface area contributed by atoms with Crippen molar-refractivity contribution in [2.45, 2.75) is 19.1 Å². The van der Waals surface area contributed by atoms with Crippen LogP contribution in [0.25, 0.3) is 5.69 Å². The molecule has 5 nitrogen and oxygen atoms in total. The number of rotatable bonds is 4. The highest BCUT2D eigenvalue weighted by Gasteiger charge is 2.32. The highest BCUT2D eigenvalue weighted by Crippen LogP contribution is 2.46. The van der Waals surface area contributed by atoms with Gasteiger partial charge >= 0.3 is 0 Å². The molecular formula is C21H20ClN3O2S. The number of carbonyl (C=O) groups excluding carboxylic acids is 1. The van der Waals surface area contributed by atoms with Crippen LogP contribution in [0.15, 0.2) is 48.5 Å². The van der Waals surface area contributed by atoms with Gasteiger partial charge in [0.05, 0.1) is 34.0 Å². The monoisotopic (exact) mass is 413 g/mol. The lowest BCUT2D eigenvalue weighted by molar-refractivity contribution is -0.113. The standard InChI is InChI=1S/C21H20ClN3O2S/c1-3-27-17-11-7-4-8-14(17)20-19-13(2)24-25(16-10-6-5-9-15(16)22)21(19)23-18(26)12-28-20/h4-11,20H,3,12H2,1-2H3,(H,23,26). The number of carbonyl (C=O) groups is 1. The van der Waals surface area contributed by atoms with E-state index in [2.05, 4.69) is 11.4 Å². The Balaban J connectivity index is 1.91. The number of benzene rings is 2. The Morgan fingerprint density at radius 2 is 2.00 bits per heavy atom. The fourth-order valence-electron chi connectivity index (χ4n) is 3.41. The van der Waals surface area contributed by atoms with Crippen molar-refractivity contribution in [2.24, 2.45) is 0 Å². The zero-order chi connectivity index (χ0) is 19.7. The summed E-state index contributed by atoms with van der Waals surface area (Å²) in [6.45, 7) is 4.50. The van der Waals surface area contributed by atoms with Crippen LogP contribution in [0.2, 0.25) is 5.02 Å². The van der Waals surface area contributed by atoms with Crippen LogP contribution < -0.4 is 10.1 Å². The molecule has 1 atom stereocenters. The third-order valence-corrected chi connectivity index (χ3v) is 6.16. The Morgan fingerprint density at radius 3 is 2.79 bits per heavy atom. The second-order valence-electron chi connectivity index (χ2n) is 6.42. The number of aryl methyl sites for hydroxylation is 1. The second-order valence-corrected chi connectivity index (χ2v) is 7.92. The molecule has 1 N–H and O–H groups in total. The van der Waals surface area contributed by atoms with Crippen molar-refractivity contribution in [1.29, 1.82) is 0 Å². The normalized spacial score (nSPS) is 16.2. The summed E-state index contributed by atoms with van der Waals surface area (Å²) in [4.78, 5) is 12.5. The third-order valence-electron chi connectivity index (χ3n) is 4.59. The van der Waals surface area contributed by atoms with Crippen molar-refractivity contribution in [3.63, 3.8) is 0 Å². The van der Waals surface area contributed by atoms with Crippen LogP contribution in [0.3, 0.4) is 0 Å². The van der Waals surface area contributed by atoms with Gasteiger partial charge < -0.3 is 10.1 Å². The molecular weight excluding hydrogens is 394 g/mol. The molecule has 1 aromatic heterocycles. The van der Waals surface area contributed by atoms with Gasteiger partial charge in [0, 0.05) is 11.1 Å². The van der Waals surface area contributed by atoms with E-state index < -0.39 is 0 Å². The molecule has 0 radical (unpaired) electrons. The SMILES string of the molecule is CCOc1ccccc1C1SCC(=O)Nc2c1c(C)nn2-c1ccccc1Cl. The number of nitrogens with zero attached hydrogens (tertiary/aromatic N) is 2. The minimum absolute atomic E-state index is 0.0594. The fraction of sp³-hybridized carbons (Fsp3) is 0.238. The summed E-state index contributed by atoms with van der Waals surface area (Å²) in [5, 5.41) is 8.24. The van der Waals surface area contributed by atoms with E-state index >= 15 is 0 Å². The first-order valence-electron chi connectivity index (χ1n) is 9.07. The van der Waals surface area contributed by atoms with Gasteiger partial charge in [0.2, 0.25) is 5.91 Å². The van der Waals surface area contributed by atoms with Crippen molar-refractivity contribution >= 4 is 35.1 Å². The van der Waals surface area contributed by atoms with E-state index in [-0.39, 0.29) is 11.2 Å². The minimum Gasteiger partial charge on any atom is -0.494 e. The zero-order valence-electron chi connectivity index (χ0n) is 15.6. The maximum Gasteiger partial charge on any atom is 0.235 e. The first-order chi connectivity index (χ1) is 13.6. The molecule has 2 heterocycles. The molecule has 0 fully saturated rings. The molecule has 1 aliphatic rings. The number of fused-ring (bicyclic) bond motifs is 1. The number of hydrogen-bond acceptors (Lipinski definition) is 4. The predicted octanol–water partition coefficient (Wildman–Crippen LogP) is 5.01. The molecule has 0 spiro atoms. The summed E-state index contributed by atoms with van der Waals surface area (Å²) in [6.07, 6.45) is 0. The van der Waals surface area contributed by atoms with Crippen LogP contribution in [-0.2, 0) is 4.79 Å². The number of hydrogen-bond donors (Lipinski definition) is 1. The van der Waals surface area contributed by atoms with Crippen molar-refractivity contribution in [1.82, 2.24) is 9.78 Å². The van der Waals surface area contributed by atoms with Gasteiger partial charge in [-0.1, -0.05) is 41.9 Å². The van der Waals surface area contributed by atoms with Crippen LogP contribution in [0, 0.1) is 6.92 Å². The molecule has 1 amide bonds. The van der Waals surface area contributed by atoms with Gasteiger partial charge in [-0.2, -0.15) is 5.10 Å². The first kappa shape index (κ1) is 18.9. The van der Waals surface area contributed by atoms with Crippen LogP contribution in [-0.4, -0.2) is 28.0 Å². The number of nitrogens with one attached hydrogen (secondary N) is 1. The largest absolute Gasteiger partial charge is 0.494 e. The van der Waals surface area contributed by atoms with E-state index in [0.29, 0.717) is 23.2 Å². The lowest BCUT2D eigenvalue weighted by atomic mass is 10.0. The van der Waals surface area contributed by atoms with Crippen molar-refractivity contribution in [3.05, 3.63) is 70.4 Å². The first-order valence-corrected chi connectivity index (χ1v) is 10.5. The van der Waals surface area contributed by atoms with Gasteiger partial charge in [-0.15, -0.1) is 11.8 Å². The Morgan fingerprint density at radius 1 is 1.25 bits per heavy atom. The average Bonchev–Trinajstić information content (AvgIpc) is 2.89. The molecule has 2 aromatic carbocycles. The van der Waals surface area contributed by atoms with E-state index in [0.717, 1.165) is 28.3 Å². The summed E-state index contributed by atoms with van der Waals surface area (Å²) in [5.74, 6) is 1.78. The topological polar surface area (TPSA) is 56.1 Å².